The van der Waals surface area contributed by atoms with Crippen LogP contribution in [0.4, 0.5) is 0 Å². The summed E-state index contributed by atoms with van der Waals surface area (Å²) in [6.45, 7) is 6.82. The second kappa shape index (κ2) is 5.47. The van der Waals surface area contributed by atoms with E-state index in [2.05, 4.69) is 19.2 Å². The fourth-order valence-corrected chi connectivity index (χ4v) is 1.83. The topological polar surface area (TPSA) is 35.6 Å². The number of hydrogen-bond donors (Lipinski definition) is 1. The van der Waals surface area contributed by atoms with E-state index in [1.54, 1.807) is 0 Å². The molecule has 1 aliphatic heterocycles. The molecule has 1 aliphatic rings. The molecule has 88 valence electrons. The van der Waals surface area contributed by atoms with Crippen molar-refractivity contribution in [3.63, 3.8) is 0 Å². The molecule has 0 radical (unpaired) electrons. The molecule has 2 atom stereocenters. The van der Waals surface area contributed by atoms with E-state index in [1.165, 1.54) is 0 Å². The summed E-state index contributed by atoms with van der Waals surface area (Å²) >= 11 is 0. The van der Waals surface area contributed by atoms with Gasteiger partial charge in [-0.15, -0.1) is 0 Å². The predicted octanol–water partition coefficient (Wildman–Crippen LogP) is 0.147. The molecule has 0 bridgehead atoms. The Kier molecular flexibility index (Phi) is 4.54. The van der Waals surface area contributed by atoms with Crippen molar-refractivity contribution < 1.29 is 4.79 Å². The number of rotatable bonds is 3. The van der Waals surface area contributed by atoms with Gasteiger partial charge in [0.15, 0.2) is 0 Å². The third-order valence-corrected chi connectivity index (χ3v) is 2.86. The van der Waals surface area contributed by atoms with Gasteiger partial charge in [-0.1, -0.05) is 0 Å². The van der Waals surface area contributed by atoms with Crippen molar-refractivity contribution in [1.29, 1.82) is 0 Å². The Labute approximate surface area is 92.6 Å². The van der Waals surface area contributed by atoms with Crippen molar-refractivity contribution in [3.05, 3.63) is 0 Å². The molecule has 1 amide bonds. The highest BCUT2D eigenvalue weighted by molar-refractivity contribution is 5.76. The van der Waals surface area contributed by atoms with Crippen molar-refractivity contribution in [3.8, 4) is 0 Å². The second-order valence-corrected chi connectivity index (χ2v) is 4.76. The molecular weight excluding hydrogens is 190 g/mol. The smallest absolute Gasteiger partial charge is 0.224 e. The van der Waals surface area contributed by atoms with E-state index in [-0.39, 0.29) is 5.91 Å². The SMILES string of the molecule is CC1CN(C(=O)CCN(C)C)C(C)CN1. The molecule has 15 heavy (non-hydrogen) atoms. The van der Waals surface area contributed by atoms with E-state index in [9.17, 15) is 4.79 Å². The first-order valence-corrected chi connectivity index (χ1v) is 5.68. The highest BCUT2D eigenvalue weighted by Crippen LogP contribution is 2.08. The van der Waals surface area contributed by atoms with Crippen LogP contribution in [-0.4, -0.2) is 61.5 Å². The van der Waals surface area contributed by atoms with Gasteiger partial charge in [-0.05, 0) is 27.9 Å². The summed E-state index contributed by atoms with van der Waals surface area (Å²) in [5, 5.41) is 3.38. The number of carbonyl (C=O) groups excluding carboxylic acids is 1. The fourth-order valence-electron chi connectivity index (χ4n) is 1.83. The molecule has 1 saturated heterocycles. The Morgan fingerprint density at radius 1 is 1.47 bits per heavy atom. The summed E-state index contributed by atoms with van der Waals surface area (Å²) in [5.74, 6) is 0.282. The first kappa shape index (κ1) is 12.5. The molecule has 0 aromatic heterocycles. The van der Waals surface area contributed by atoms with Crippen LogP contribution in [0.3, 0.4) is 0 Å². The summed E-state index contributed by atoms with van der Waals surface area (Å²) in [4.78, 5) is 16.0. The van der Waals surface area contributed by atoms with Crippen molar-refractivity contribution in [2.24, 2.45) is 0 Å². The van der Waals surface area contributed by atoms with Crippen molar-refractivity contribution in [2.45, 2.75) is 32.4 Å². The molecule has 0 aromatic carbocycles. The Hall–Kier alpha value is -0.610. The van der Waals surface area contributed by atoms with Crippen LogP contribution in [0.25, 0.3) is 0 Å². The third kappa shape index (κ3) is 3.80. The highest BCUT2D eigenvalue weighted by atomic mass is 16.2. The predicted molar refractivity (Wildman–Crippen MR) is 61.8 cm³/mol. The number of piperazine rings is 1. The molecule has 0 aromatic rings. The Morgan fingerprint density at radius 3 is 2.73 bits per heavy atom. The van der Waals surface area contributed by atoms with Crippen LogP contribution in [0.5, 0.6) is 0 Å². The van der Waals surface area contributed by atoms with Crippen LogP contribution >= 0.6 is 0 Å². The standard InChI is InChI=1S/C11H23N3O/c1-9-8-14(10(2)7-12-9)11(15)5-6-13(3)4/h9-10,12H,5-8H2,1-4H3. The second-order valence-electron chi connectivity index (χ2n) is 4.76. The largest absolute Gasteiger partial charge is 0.337 e. The van der Waals surface area contributed by atoms with Crippen LogP contribution in [0, 0.1) is 0 Å². The lowest BCUT2D eigenvalue weighted by Crippen LogP contribution is -2.56. The molecule has 1 rings (SSSR count). The number of amides is 1. The van der Waals surface area contributed by atoms with Crippen LogP contribution in [0.15, 0.2) is 0 Å². The van der Waals surface area contributed by atoms with Gasteiger partial charge in [0.25, 0.3) is 0 Å². The molecule has 0 saturated carbocycles. The van der Waals surface area contributed by atoms with E-state index in [4.69, 9.17) is 0 Å². The zero-order chi connectivity index (χ0) is 11.4. The number of nitrogens with one attached hydrogen (secondary N) is 1. The summed E-state index contributed by atoms with van der Waals surface area (Å²) in [7, 11) is 3.99. The number of carbonyl (C=O) groups is 1. The fraction of sp³-hybridized carbons (Fsp3) is 0.909. The average molecular weight is 213 g/mol. The minimum absolute atomic E-state index is 0.282. The quantitative estimate of drug-likeness (QED) is 0.725. The van der Waals surface area contributed by atoms with Crippen LogP contribution in [0.2, 0.25) is 0 Å². The summed E-state index contributed by atoms with van der Waals surface area (Å²) in [5.41, 5.74) is 0. The van der Waals surface area contributed by atoms with Gasteiger partial charge in [-0.3, -0.25) is 4.79 Å². The molecule has 2 unspecified atom stereocenters. The zero-order valence-electron chi connectivity index (χ0n) is 10.3. The first-order valence-electron chi connectivity index (χ1n) is 5.68. The Morgan fingerprint density at radius 2 is 2.13 bits per heavy atom. The van der Waals surface area contributed by atoms with E-state index in [0.29, 0.717) is 18.5 Å². The first-order chi connectivity index (χ1) is 7.00. The zero-order valence-corrected chi connectivity index (χ0v) is 10.3. The van der Waals surface area contributed by atoms with Crippen molar-refractivity contribution in [2.75, 3.05) is 33.7 Å². The lowest BCUT2D eigenvalue weighted by atomic mass is 10.1. The minimum Gasteiger partial charge on any atom is -0.337 e. The van der Waals surface area contributed by atoms with E-state index >= 15 is 0 Å². The van der Waals surface area contributed by atoms with Crippen LogP contribution in [-0.2, 0) is 4.79 Å². The van der Waals surface area contributed by atoms with Crippen molar-refractivity contribution >= 4 is 5.91 Å². The Balaban J connectivity index is 2.42. The highest BCUT2D eigenvalue weighted by Gasteiger charge is 2.25. The number of nitrogens with zero attached hydrogens (tertiary/aromatic N) is 2. The molecule has 1 N–H and O–H groups in total. The molecule has 0 aliphatic carbocycles. The van der Waals surface area contributed by atoms with Gasteiger partial charge in [0.2, 0.25) is 5.91 Å². The maximum Gasteiger partial charge on any atom is 0.224 e. The lowest BCUT2D eigenvalue weighted by molar-refractivity contribution is -0.134. The van der Waals surface area contributed by atoms with Gasteiger partial charge in [-0.25, -0.2) is 0 Å². The minimum atomic E-state index is 0.282. The molecule has 1 fully saturated rings. The van der Waals surface area contributed by atoms with E-state index in [0.717, 1.165) is 19.6 Å². The normalized spacial score (nSPS) is 27.1. The maximum atomic E-state index is 11.9. The monoisotopic (exact) mass is 213 g/mol. The van der Waals surface area contributed by atoms with Gasteiger partial charge < -0.3 is 15.1 Å². The summed E-state index contributed by atoms with van der Waals surface area (Å²) < 4.78 is 0. The van der Waals surface area contributed by atoms with Gasteiger partial charge in [0.05, 0.1) is 0 Å². The molecule has 4 nitrogen and oxygen atoms in total. The third-order valence-electron chi connectivity index (χ3n) is 2.86. The van der Waals surface area contributed by atoms with Crippen LogP contribution in [0.1, 0.15) is 20.3 Å². The molecular formula is C11H23N3O. The Bertz CT molecular complexity index is 218. The average Bonchev–Trinajstić information content (AvgIpc) is 2.18. The van der Waals surface area contributed by atoms with Gasteiger partial charge in [-0.2, -0.15) is 0 Å². The van der Waals surface area contributed by atoms with Gasteiger partial charge >= 0.3 is 0 Å². The lowest BCUT2D eigenvalue weighted by Gasteiger charge is -2.37. The summed E-state index contributed by atoms with van der Waals surface area (Å²) in [6.07, 6.45) is 0.629. The molecule has 4 heteroatoms. The molecule has 0 spiro atoms. The van der Waals surface area contributed by atoms with Crippen LogP contribution < -0.4 is 5.32 Å². The van der Waals surface area contributed by atoms with Crippen molar-refractivity contribution in [1.82, 2.24) is 15.1 Å². The van der Waals surface area contributed by atoms with E-state index in [1.807, 2.05) is 23.9 Å². The van der Waals surface area contributed by atoms with E-state index < -0.39 is 0 Å². The number of hydrogen-bond acceptors (Lipinski definition) is 3. The van der Waals surface area contributed by atoms with Gasteiger partial charge in [0.1, 0.15) is 0 Å². The summed E-state index contributed by atoms with van der Waals surface area (Å²) in [6, 6.07) is 0.750. The van der Waals surface area contributed by atoms with Gasteiger partial charge in [0, 0.05) is 38.1 Å². The molecule has 1 heterocycles. The maximum absolute atomic E-state index is 11.9.